The van der Waals surface area contributed by atoms with Gasteiger partial charge >= 0.3 is 0 Å². The third kappa shape index (κ3) is 3.06. The van der Waals surface area contributed by atoms with Gasteiger partial charge < -0.3 is 9.88 Å². The summed E-state index contributed by atoms with van der Waals surface area (Å²) in [5, 5.41) is 1.53. The SMILES string of the molecule is O=C(Cc1c[nH]c2ccccc12)N1CCSC(c2ccccc2)C1. The molecule has 24 heavy (non-hydrogen) atoms. The highest BCUT2D eigenvalue weighted by atomic mass is 32.2. The third-order valence-corrected chi connectivity index (χ3v) is 5.85. The fourth-order valence-corrected chi connectivity index (χ4v) is 4.54. The Bertz CT molecular complexity index is 843. The number of fused-ring (bicyclic) bond motifs is 1. The Balaban J connectivity index is 1.48. The van der Waals surface area contributed by atoms with Crippen molar-refractivity contribution in [1.82, 2.24) is 9.88 Å². The van der Waals surface area contributed by atoms with Crippen molar-refractivity contribution in [3.63, 3.8) is 0 Å². The van der Waals surface area contributed by atoms with Crippen molar-refractivity contribution in [2.24, 2.45) is 0 Å². The molecule has 1 fully saturated rings. The molecule has 3 nitrogen and oxygen atoms in total. The average Bonchev–Trinajstić information content (AvgIpc) is 3.06. The Hall–Kier alpha value is -2.20. The molecule has 1 aliphatic heterocycles. The normalized spacial score (nSPS) is 18.0. The Morgan fingerprint density at radius 2 is 1.92 bits per heavy atom. The number of H-pyrrole nitrogens is 1. The number of nitrogens with one attached hydrogen (secondary N) is 1. The van der Waals surface area contributed by atoms with E-state index in [1.165, 1.54) is 5.56 Å². The second-order valence-corrected chi connectivity index (χ2v) is 7.46. The van der Waals surface area contributed by atoms with E-state index in [2.05, 4.69) is 35.3 Å². The molecule has 0 aliphatic carbocycles. The number of aromatic nitrogens is 1. The van der Waals surface area contributed by atoms with Gasteiger partial charge in [0.25, 0.3) is 0 Å². The molecule has 1 atom stereocenters. The lowest BCUT2D eigenvalue weighted by Gasteiger charge is -2.32. The summed E-state index contributed by atoms with van der Waals surface area (Å²) in [6.07, 6.45) is 2.44. The van der Waals surface area contributed by atoms with Gasteiger partial charge in [-0.1, -0.05) is 48.5 Å². The van der Waals surface area contributed by atoms with Crippen molar-refractivity contribution in [2.75, 3.05) is 18.8 Å². The molecule has 1 N–H and O–H groups in total. The highest BCUT2D eigenvalue weighted by Gasteiger charge is 2.25. The molecular formula is C20H20N2OS. The summed E-state index contributed by atoms with van der Waals surface area (Å²) in [6, 6.07) is 18.7. The minimum Gasteiger partial charge on any atom is -0.361 e. The number of aromatic amines is 1. The molecule has 2 aromatic carbocycles. The van der Waals surface area contributed by atoms with E-state index in [9.17, 15) is 4.79 Å². The Morgan fingerprint density at radius 1 is 1.12 bits per heavy atom. The van der Waals surface area contributed by atoms with Gasteiger partial charge in [-0.2, -0.15) is 11.8 Å². The zero-order chi connectivity index (χ0) is 16.4. The Morgan fingerprint density at radius 3 is 2.79 bits per heavy atom. The van der Waals surface area contributed by atoms with Crippen LogP contribution in [-0.4, -0.2) is 34.6 Å². The van der Waals surface area contributed by atoms with Gasteiger partial charge in [0.1, 0.15) is 0 Å². The van der Waals surface area contributed by atoms with Gasteiger partial charge in [-0.05, 0) is 17.2 Å². The van der Waals surface area contributed by atoms with E-state index >= 15 is 0 Å². The molecule has 4 rings (SSSR count). The predicted molar refractivity (Wildman–Crippen MR) is 100 cm³/mol. The third-order valence-electron chi connectivity index (χ3n) is 4.61. The molecule has 1 saturated heterocycles. The zero-order valence-electron chi connectivity index (χ0n) is 13.4. The second-order valence-electron chi connectivity index (χ2n) is 6.15. The first-order valence-corrected chi connectivity index (χ1v) is 9.35. The largest absolute Gasteiger partial charge is 0.361 e. The van der Waals surface area contributed by atoms with Crippen LogP contribution in [0.15, 0.2) is 60.8 Å². The van der Waals surface area contributed by atoms with Gasteiger partial charge in [-0.15, -0.1) is 0 Å². The summed E-state index contributed by atoms with van der Waals surface area (Å²) in [6.45, 7) is 1.64. The molecule has 0 bridgehead atoms. The number of carbonyl (C=O) groups is 1. The zero-order valence-corrected chi connectivity index (χ0v) is 14.3. The Kier molecular flexibility index (Phi) is 4.30. The minimum absolute atomic E-state index is 0.223. The molecule has 4 heteroatoms. The van der Waals surface area contributed by atoms with E-state index in [0.717, 1.165) is 35.3 Å². The maximum absolute atomic E-state index is 12.8. The second kappa shape index (κ2) is 6.73. The standard InChI is InChI=1S/C20H20N2OS/c23-20(12-16-13-21-18-9-5-4-8-17(16)18)22-10-11-24-19(14-22)15-6-2-1-3-7-15/h1-9,13,19,21H,10-12,14H2. The first-order chi connectivity index (χ1) is 11.8. The predicted octanol–water partition coefficient (Wildman–Crippen LogP) is 4.03. The van der Waals surface area contributed by atoms with E-state index in [-0.39, 0.29) is 5.91 Å². The van der Waals surface area contributed by atoms with E-state index in [0.29, 0.717) is 11.7 Å². The lowest BCUT2D eigenvalue weighted by Crippen LogP contribution is -2.40. The topological polar surface area (TPSA) is 36.1 Å². The van der Waals surface area contributed by atoms with Gasteiger partial charge in [0, 0.05) is 41.2 Å². The summed E-state index contributed by atoms with van der Waals surface area (Å²) in [5.74, 6) is 1.22. The van der Waals surface area contributed by atoms with Crippen LogP contribution in [0.1, 0.15) is 16.4 Å². The number of nitrogens with zero attached hydrogens (tertiary/aromatic N) is 1. The van der Waals surface area contributed by atoms with Crippen LogP contribution in [0.3, 0.4) is 0 Å². The summed E-state index contributed by atoms with van der Waals surface area (Å²) in [7, 11) is 0. The first kappa shape index (κ1) is 15.3. The number of hydrogen-bond donors (Lipinski definition) is 1. The maximum atomic E-state index is 12.8. The molecule has 1 aliphatic rings. The van der Waals surface area contributed by atoms with Crippen LogP contribution in [0.25, 0.3) is 10.9 Å². The molecule has 1 amide bonds. The minimum atomic E-state index is 0.223. The van der Waals surface area contributed by atoms with E-state index < -0.39 is 0 Å². The fourth-order valence-electron chi connectivity index (χ4n) is 3.30. The quantitative estimate of drug-likeness (QED) is 0.784. The van der Waals surface area contributed by atoms with Crippen LogP contribution in [-0.2, 0) is 11.2 Å². The van der Waals surface area contributed by atoms with Crippen LogP contribution in [0.5, 0.6) is 0 Å². The number of thioether (sulfide) groups is 1. The van der Waals surface area contributed by atoms with Crippen LogP contribution in [0.2, 0.25) is 0 Å². The van der Waals surface area contributed by atoms with Crippen LogP contribution < -0.4 is 0 Å². The van der Waals surface area contributed by atoms with Crippen molar-refractivity contribution in [3.05, 3.63) is 71.9 Å². The summed E-state index contributed by atoms with van der Waals surface area (Å²) in [5.41, 5.74) is 3.49. The monoisotopic (exact) mass is 336 g/mol. The molecule has 122 valence electrons. The van der Waals surface area contributed by atoms with Gasteiger partial charge in [0.15, 0.2) is 0 Å². The van der Waals surface area contributed by atoms with Gasteiger partial charge in [0.05, 0.1) is 6.42 Å². The van der Waals surface area contributed by atoms with Crippen molar-refractivity contribution in [2.45, 2.75) is 11.7 Å². The van der Waals surface area contributed by atoms with Crippen molar-refractivity contribution < 1.29 is 4.79 Å². The molecule has 1 aromatic heterocycles. The lowest BCUT2D eigenvalue weighted by molar-refractivity contribution is -0.130. The summed E-state index contributed by atoms with van der Waals surface area (Å²) in [4.78, 5) is 18.1. The summed E-state index contributed by atoms with van der Waals surface area (Å²) >= 11 is 1.95. The smallest absolute Gasteiger partial charge is 0.227 e. The van der Waals surface area contributed by atoms with Crippen LogP contribution in [0, 0.1) is 0 Å². The van der Waals surface area contributed by atoms with Crippen molar-refractivity contribution in [1.29, 1.82) is 0 Å². The highest BCUT2D eigenvalue weighted by Crippen LogP contribution is 2.33. The number of hydrogen-bond acceptors (Lipinski definition) is 2. The molecular weight excluding hydrogens is 316 g/mol. The lowest BCUT2D eigenvalue weighted by atomic mass is 10.1. The number of amides is 1. The van der Waals surface area contributed by atoms with E-state index in [4.69, 9.17) is 0 Å². The van der Waals surface area contributed by atoms with Crippen LogP contribution >= 0.6 is 11.8 Å². The number of carbonyl (C=O) groups excluding carboxylic acids is 1. The van der Waals surface area contributed by atoms with Gasteiger partial charge in [-0.3, -0.25) is 4.79 Å². The molecule has 0 saturated carbocycles. The van der Waals surface area contributed by atoms with E-state index in [1.54, 1.807) is 0 Å². The van der Waals surface area contributed by atoms with E-state index in [1.807, 2.05) is 47.1 Å². The van der Waals surface area contributed by atoms with Gasteiger partial charge in [-0.25, -0.2) is 0 Å². The molecule has 3 aromatic rings. The molecule has 2 heterocycles. The number of benzene rings is 2. The number of para-hydroxylation sites is 1. The summed E-state index contributed by atoms with van der Waals surface area (Å²) < 4.78 is 0. The molecule has 0 radical (unpaired) electrons. The maximum Gasteiger partial charge on any atom is 0.227 e. The van der Waals surface area contributed by atoms with Crippen molar-refractivity contribution >= 4 is 28.6 Å². The molecule has 0 spiro atoms. The average molecular weight is 336 g/mol. The number of rotatable bonds is 3. The molecule has 1 unspecified atom stereocenters. The van der Waals surface area contributed by atoms with Gasteiger partial charge in [0.2, 0.25) is 5.91 Å². The highest BCUT2D eigenvalue weighted by molar-refractivity contribution is 7.99. The fraction of sp³-hybridized carbons (Fsp3) is 0.250. The van der Waals surface area contributed by atoms with Crippen LogP contribution in [0.4, 0.5) is 0 Å². The Labute approximate surface area is 146 Å². The first-order valence-electron chi connectivity index (χ1n) is 8.30. The van der Waals surface area contributed by atoms with Crippen molar-refractivity contribution in [3.8, 4) is 0 Å².